The molecule has 1 saturated heterocycles. The number of nitrogens with zero attached hydrogens (tertiary/aromatic N) is 1. The lowest BCUT2D eigenvalue weighted by molar-refractivity contribution is -0.385. The van der Waals surface area contributed by atoms with E-state index in [2.05, 4.69) is 0 Å². The average molecular weight is 405 g/mol. The third-order valence-electron chi connectivity index (χ3n) is 4.11. The highest BCUT2D eigenvalue weighted by molar-refractivity contribution is 8.76. The van der Waals surface area contributed by atoms with E-state index in [9.17, 15) is 24.8 Å². The Labute approximate surface area is 162 Å². The van der Waals surface area contributed by atoms with Gasteiger partial charge < -0.3 is 9.84 Å². The first kappa shape index (κ1) is 19.2. The lowest BCUT2D eigenvalue weighted by Gasteiger charge is -2.22. The number of carboxylic acid groups (broad SMARTS) is 1. The molecule has 1 aliphatic rings. The van der Waals surface area contributed by atoms with Gasteiger partial charge in [0.15, 0.2) is 0 Å². The van der Waals surface area contributed by atoms with Crippen LogP contribution in [0.2, 0.25) is 0 Å². The molecule has 3 rings (SSSR count). The van der Waals surface area contributed by atoms with Crippen molar-refractivity contribution in [3.05, 3.63) is 69.3 Å². The number of ether oxygens (including phenoxy) is 1. The highest BCUT2D eigenvalue weighted by Gasteiger charge is 2.29. The molecule has 0 spiro atoms. The highest BCUT2D eigenvalue weighted by atomic mass is 33.1. The quantitative estimate of drug-likeness (QED) is 0.257. The fourth-order valence-corrected chi connectivity index (χ4v) is 5.30. The molecular weight excluding hydrogens is 390 g/mol. The molecule has 0 saturated carbocycles. The summed E-state index contributed by atoms with van der Waals surface area (Å²) in [6, 6.07) is 10.3. The summed E-state index contributed by atoms with van der Waals surface area (Å²) in [4.78, 5) is 34.8. The van der Waals surface area contributed by atoms with Crippen LogP contribution in [0.1, 0.15) is 38.6 Å². The van der Waals surface area contributed by atoms with Crippen LogP contribution in [-0.4, -0.2) is 33.5 Å². The normalized spacial score (nSPS) is 16.5. The Bertz CT molecular complexity index is 881. The SMILES string of the molecule is O=C(Oc1cc(C(=O)O)c(C2CCSSC2)cc1[N+](=O)[O-])c1ccccc1. The number of carbonyl (C=O) groups excluding carboxylic acids is 1. The number of esters is 1. The maximum absolute atomic E-state index is 12.3. The van der Waals surface area contributed by atoms with Crippen LogP contribution in [-0.2, 0) is 0 Å². The second kappa shape index (κ2) is 8.45. The minimum absolute atomic E-state index is 0.0750. The number of nitro benzene ring substituents is 1. The number of aromatic carboxylic acids is 1. The maximum atomic E-state index is 12.3. The molecule has 1 N–H and O–H groups in total. The third-order valence-corrected chi connectivity index (χ3v) is 6.63. The van der Waals surface area contributed by atoms with Crippen LogP contribution < -0.4 is 4.74 Å². The molecule has 27 heavy (non-hydrogen) atoms. The van der Waals surface area contributed by atoms with Crippen molar-refractivity contribution in [2.24, 2.45) is 0 Å². The fourth-order valence-electron chi connectivity index (χ4n) is 2.77. The molecule has 1 aliphatic heterocycles. The molecule has 9 heteroatoms. The molecule has 140 valence electrons. The fraction of sp³-hybridized carbons (Fsp3) is 0.222. The number of benzene rings is 2. The van der Waals surface area contributed by atoms with Crippen molar-refractivity contribution in [3.8, 4) is 5.75 Å². The number of hydrogen-bond acceptors (Lipinski definition) is 7. The van der Waals surface area contributed by atoms with Gasteiger partial charge in [0.25, 0.3) is 0 Å². The van der Waals surface area contributed by atoms with E-state index in [0.717, 1.165) is 18.2 Å². The summed E-state index contributed by atoms with van der Waals surface area (Å²) < 4.78 is 5.17. The Morgan fingerprint density at radius 2 is 1.93 bits per heavy atom. The van der Waals surface area contributed by atoms with Crippen molar-refractivity contribution >= 4 is 39.2 Å². The number of carbonyl (C=O) groups is 2. The zero-order valence-corrected chi connectivity index (χ0v) is 15.6. The molecule has 2 aromatic carbocycles. The molecule has 0 aromatic heterocycles. The van der Waals surface area contributed by atoms with Crippen molar-refractivity contribution in [2.45, 2.75) is 12.3 Å². The van der Waals surface area contributed by atoms with Gasteiger partial charge in [-0.3, -0.25) is 10.1 Å². The van der Waals surface area contributed by atoms with Crippen molar-refractivity contribution < 1.29 is 24.4 Å². The Balaban J connectivity index is 2.02. The summed E-state index contributed by atoms with van der Waals surface area (Å²) in [5, 5.41) is 21.1. The lowest BCUT2D eigenvalue weighted by Crippen LogP contribution is -2.15. The third kappa shape index (κ3) is 4.42. The molecule has 0 bridgehead atoms. The second-order valence-corrected chi connectivity index (χ2v) is 8.44. The number of nitro groups is 1. The van der Waals surface area contributed by atoms with E-state index in [-0.39, 0.29) is 22.8 Å². The van der Waals surface area contributed by atoms with Gasteiger partial charge >= 0.3 is 17.6 Å². The van der Waals surface area contributed by atoms with Crippen LogP contribution in [0.3, 0.4) is 0 Å². The largest absolute Gasteiger partial charge is 0.478 e. The Hall–Kier alpha value is -2.52. The smallest absolute Gasteiger partial charge is 0.343 e. The predicted octanol–water partition coefficient (Wildman–Crippen LogP) is 4.38. The maximum Gasteiger partial charge on any atom is 0.343 e. The first-order valence-electron chi connectivity index (χ1n) is 8.04. The van der Waals surface area contributed by atoms with Crippen LogP contribution in [0.15, 0.2) is 42.5 Å². The molecule has 1 unspecified atom stereocenters. The van der Waals surface area contributed by atoms with Crippen LogP contribution >= 0.6 is 21.6 Å². The number of hydrogen-bond donors (Lipinski definition) is 1. The van der Waals surface area contributed by atoms with Gasteiger partial charge in [0, 0.05) is 23.6 Å². The molecular formula is C18H15NO6S2. The Kier molecular flexibility index (Phi) is 6.02. The zero-order valence-electron chi connectivity index (χ0n) is 14.0. The van der Waals surface area contributed by atoms with Crippen molar-refractivity contribution in [1.29, 1.82) is 0 Å². The van der Waals surface area contributed by atoms with E-state index in [0.29, 0.717) is 11.3 Å². The van der Waals surface area contributed by atoms with Gasteiger partial charge in [-0.1, -0.05) is 39.8 Å². The first-order valence-corrected chi connectivity index (χ1v) is 10.5. The zero-order chi connectivity index (χ0) is 19.4. The number of rotatable bonds is 5. The molecule has 1 fully saturated rings. The molecule has 1 atom stereocenters. The topological polar surface area (TPSA) is 107 Å². The van der Waals surface area contributed by atoms with Crippen molar-refractivity contribution in [2.75, 3.05) is 11.5 Å². The molecule has 2 aromatic rings. The van der Waals surface area contributed by atoms with Crippen LogP contribution in [0.4, 0.5) is 5.69 Å². The van der Waals surface area contributed by atoms with E-state index >= 15 is 0 Å². The monoisotopic (exact) mass is 405 g/mol. The van der Waals surface area contributed by atoms with Gasteiger partial charge in [-0.2, -0.15) is 0 Å². The summed E-state index contributed by atoms with van der Waals surface area (Å²) in [6.07, 6.45) is 0.734. The van der Waals surface area contributed by atoms with Gasteiger partial charge in [0.05, 0.1) is 16.1 Å². The van der Waals surface area contributed by atoms with Crippen molar-refractivity contribution in [3.63, 3.8) is 0 Å². The summed E-state index contributed by atoms with van der Waals surface area (Å²) in [6.45, 7) is 0. The summed E-state index contributed by atoms with van der Waals surface area (Å²) in [5.74, 6) is -0.946. The Morgan fingerprint density at radius 1 is 1.19 bits per heavy atom. The molecule has 7 nitrogen and oxygen atoms in total. The first-order chi connectivity index (χ1) is 13.0. The lowest BCUT2D eigenvalue weighted by atomic mass is 9.92. The van der Waals surface area contributed by atoms with E-state index in [1.54, 1.807) is 39.8 Å². The summed E-state index contributed by atoms with van der Waals surface area (Å²) in [5.41, 5.74) is 0.131. The molecule has 0 aliphatic carbocycles. The number of carboxylic acids is 1. The minimum atomic E-state index is -1.21. The van der Waals surface area contributed by atoms with Crippen LogP contribution in [0.25, 0.3) is 0 Å². The van der Waals surface area contributed by atoms with Crippen LogP contribution in [0.5, 0.6) is 5.75 Å². The van der Waals surface area contributed by atoms with Gasteiger partial charge in [-0.15, -0.1) is 0 Å². The summed E-state index contributed by atoms with van der Waals surface area (Å²) >= 11 is 0. The van der Waals surface area contributed by atoms with E-state index < -0.39 is 22.5 Å². The van der Waals surface area contributed by atoms with Crippen LogP contribution in [0, 0.1) is 10.1 Å². The predicted molar refractivity (Wildman–Crippen MR) is 104 cm³/mol. The second-order valence-electron chi connectivity index (χ2n) is 5.82. The van der Waals surface area contributed by atoms with Crippen molar-refractivity contribution in [1.82, 2.24) is 0 Å². The van der Waals surface area contributed by atoms with Gasteiger partial charge in [0.2, 0.25) is 5.75 Å². The molecule has 0 amide bonds. The van der Waals surface area contributed by atoms with Gasteiger partial charge in [-0.25, -0.2) is 9.59 Å². The highest BCUT2D eigenvalue weighted by Crippen LogP contribution is 2.42. The van der Waals surface area contributed by atoms with E-state index in [1.165, 1.54) is 18.2 Å². The van der Waals surface area contributed by atoms with Gasteiger partial charge in [0.1, 0.15) is 0 Å². The standard InChI is InChI=1S/C18H15NO6S2/c20-17(21)14-9-16(25-18(22)11-4-2-1-3-5-11)15(19(23)24)8-13(14)12-6-7-26-27-10-12/h1-5,8-9,12H,6-7,10H2,(H,20,21). The minimum Gasteiger partial charge on any atom is -0.478 e. The summed E-state index contributed by atoms with van der Waals surface area (Å²) in [7, 11) is 3.31. The average Bonchev–Trinajstić information content (AvgIpc) is 2.68. The molecule has 0 radical (unpaired) electrons. The Morgan fingerprint density at radius 3 is 2.52 bits per heavy atom. The van der Waals surface area contributed by atoms with E-state index in [4.69, 9.17) is 4.74 Å². The van der Waals surface area contributed by atoms with Gasteiger partial charge in [-0.05, 0) is 30.0 Å². The van der Waals surface area contributed by atoms with E-state index in [1.807, 2.05) is 0 Å². The molecule has 1 heterocycles.